The summed E-state index contributed by atoms with van der Waals surface area (Å²) >= 11 is 0. The van der Waals surface area contributed by atoms with Gasteiger partial charge in [-0.1, -0.05) is 42.5 Å². The lowest BCUT2D eigenvalue weighted by atomic mass is 10.1. The van der Waals surface area contributed by atoms with Crippen molar-refractivity contribution in [1.82, 2.24) is 30.7 Å². The van der Waals surface area contributed by atoms with E-state index in [1.807, 2.05) is 30.3 Å². The van der Waals surface area contributed by atoms with E-state index in [1.165, 1.54) is 9.80 Å². The van der Waals surface area contributed by atoms with Crippen molar-refractivity contribution in [2.75, 3.05) is 66.1 Å². The third kappa shape index (κ3) is 9.29. The Morgan fingerprint density at radius 2 is 1.70 bits per heavy atom. The molecule has 3 N–H and O–H groups in total. The highest BCUT2D eigenvalue weighted by molar-refractivity contribution is 6.01. The average Bonchev–Trinajstić information content (AvgIpc) is 3.57. The van der Waals surface area contributed by atoms with E-state index in [0.29, 0.717) is 52.1 Å². The molecule has 47 heavy (non-hydrogen) atoms. The standard InChI is InChI=1S/C34H44N6O7/c1-38-22-30(41)36-25(20-24-8-3-2-4-9-24)23-47-29-12-6-5-10-26(29)32(43)37-27(21-31(42)40-14-7-11-28(40)34(38)45)33(44)35-13-15-39-16-18-46-19-17-39/h2-6,8-10,12,25,27-28H,7,11,13-23H2,1H3,(H,35,44)(H,36,41)(H,37,43)/t25-,27+,28-/m1/s1. The van der Waals surface area contributed by atoms with E-state index in [9.17, 15) is 24.0 Å². The maximum absolute atomic E-state index is 13.7. The second-order valence-corrected chi connectivity index (χ2v) is 12.2. The van der Waals surface area contributed by atoms with Gasteiger partial charge in [-0.3, -0.25) is 28.9 Å². The number of likely N-dealkylation sites (N-methyl/N-ethyl adjacent to an activating group) is 1. The molecule has 2 aromatic rings. The highest BCUT2D eigenvalue weighted by atomic mass is 16.5. The van der Waals surface area contributed by atoms with E-state index >= 15 is 0 Å². The van der Waals surface area contributed by atoms with Crippen LogP contribution in [-0.2, 0) is 30.3 Å². The Morgan fingerprint density at radius 3 is 2.49 bits per heavy atom. The molecule has 0 bridgehead atoms. The first-order chi connectivity index (χ1) is 22.8. The maximum atomic E-state index is 13.7. The second-order valence-electron chi connectivity index (χ2n) is 12.2. The van der Waals surface area contributed by atoms with E-state index in [4.69, 9.17) is 9.47 Å². The van der Waals surface area contributed by atoms with Gasteiger partial charge in [-0.15, -0.1) is 0 Å². The van der Waals surface area contributed by atoms with E-state index in [2.05, 4.69) is 20.9 Å². The number of ether oxygens (including phenoxy) is 2. The number of para-hydroxylation sites is 1. The SMILES string of the molecule is CN1CC(=O)N[C@H](Cc2ccccc2)COc2ccccc2C(=O)N[C@H](C(=O)NCCN2CCOCC2)CC(=O)N2CCC[C@@H]2C1=O. The molecule has 5 amide bonds. The Bertz CT molecular complexity index is 1420. The van der Waals surface area contributed by atoms with Crippen LogP contribution in [0.5, 0.6) is 5.75 Å². The molecule has 2 saturated heterocycles. The lowest BCUT2D eigenvalue weighted by Crippen LogP contribution is -2.53. The number of morpholine rings is 1. The molecule has 0 saturated carbocycles. The predicted molar refractivity (Wildman–Crippen MR) is 173 cm³/mol. The van der Waals surface area contributed by atoms with Crippen LogP contribution in [0.3, 0.4) is 0 Å². The first-order valence-electron chi connectivity index (χ1n) is 16.3. The van der Waals surface area contributed by atoms with E-state index in [0.717, 1.165) is 18.7 Å². The summed E-state index contributed by atoms with van der Waals surface area (Å²) in [6, 6.07) is 13.8. The third-order valence-corrected chi connectivity index (χ3v) is 8.71. The van der Waals surface area contributed by atoms with Crippen molar-refractivity contribution in [2.45, 2.75) is 43.8 Å². The summed E-state index contributed by atoms with van der Waals surface area (Å²) in [5, 5.41) is 8.63. The molecule has 3 aliphatic heterocycles. The minimum atomic E-state index is -1.19. The summed E-state index contributed by atoms with van der Waals surface area (Å²) in [4.78, 5) is 72.5. The van der Waals surface area contributed by atoms with Crippen molar-refractivity contribution in [2.24, 2.45) is 0 Å². The van der Waals surface area contributed by atoms with Gasteiger partial charge in [0.2, 0.25) is 23.6 Å². The summed E-state index contributed by atoms with van der Waals surface area (Å²) in [6.07, 6.45) is 1.17. The molecule has 3 atom stereocenters. The number of carbonyl (C=O) groups excluding carboxylic acids is 5. The van der Waals surface area contributed by atoms with Crippen LogP contribution in [0.2, 0.25) is 0 Å². The van der Waals surface area contributed by atoms with Crippen molar-refractivity contribution in [1.29, 1.82) is 0 Å². The van der Waals surface area contributed by atoms with Crippen molar-refractivity contribution in [3.05, 3.63) is 65.7 Å². The summed E-state index contributed by atoms with van der Waals surface area (Å²) < 4.78 is 11.5. The number of benzene rings is 2. The Morgan fingerprint density at radius 1 is 0.957 bits per heavy atom. The Labute approximate surface area is 274 Å². The number of fused-ring (bicyclic) bond motifs is 2. The fourth-order valence-corrected chi connectivity index (χ4v) is 6.19. The first kappa shape index (κ1) is 33.9. The number of carbonyl (C=O) groups is 5. The lowest BCUT2D eigenvalue weighted by molar-refractivity contribution is -0.145. The van der Waals surface area contributed by atoms with Gasteiger partial charge >= 0.3 is 0 Å². The van der Waals surface area contributed by atoms with Gasteiger partial charge in [0, 0.05) is 39.8 Å². The van der Waals surface area contributed by atoms with E-state index in [-0.39, 0.29) is 42.7 Å². The van der Waals surface area contributed by atoms with Crippen molar-refractivity contribution in [3.63, 3.8) is 0 Å². The molecular weight excluding hydrogens is 604 g/mol. The van der Waals surface area contributed by atoms with Crippen LogP contribution in [0.25, 0.3) is 0 Å². The van der Waals surface area contributed by atoms with Crippen LogP contribution in [0.4, 0.5) is 0 Å². The van der Waals surface area contributed by atoms with E-state index < -0.39 is 35.8 Å². The van der Waals surface area contributed by atoms with Gasteiger partial charge in [-0.2, -0.15) is 0 Å². The van der Waals surface area contributed by atoms with Crippen molar-refractivity contribution >= 4 is 29.5 Å². The number of amides is 5. The second kappa shape index (κ2) is 16.4. The van der Waals surface area contributed by atoms with Crippen LogP contribution >= 0.6 is 0 Å². The maximum Gasteiger partial charge on any atom is 0.255 e. The number of nitrogens with zero attached hydrogens (tertiary/aromatic N) is 3. The third-order valence-electron chi connectivity index (χ3n) is 8.71. The number of hydrogen-bond donors (Lipinski definition) is 3. The number of nitrogens with one attached hydrogen (secondary N) is 3. The molecular formula is C34H44N6O7. The van der Waals surface area contributed by atoms with E-state index in [1.54, 1.807) is 31.3 Å². The molecule has 0 aliphatic carbocycles. The molecule has 0 unspecified atom stereocenters. The molecule has 3 heterocycles. The Kier molecular flexibility index (Phi) is 11.8. The predicted octanol–water partition coefficient (Wildman–Crippen LogP) is 0.193. The van der Waals surface area contributed by atoms with Gasteiger partial charge < -0.3 is 35.2 Å². The van der Waals surface area contributed by atoms with Crippen LogP contribution in [0.15, 0.2) is 54.6 Å². The molecule has 13 nitrogen and oxygen atoms in total. The van der Waals surface area contributed by atoms with Gasteiger partial charge in [0.1, 0.15) is 24.4 Å². The summed E-state index contributed by atoms with van der Waals surface area (Å²) in [5.74, 6) is -1.95. The zero-order chi connectivity index (χ0) is 33.2. The summed E-state index contributed by atoms with van der Waals surface area (Å²) in [5.41, 5.74) is 1.17. The van der Waals surface area contributed by atoms with Crippen LogP contribution in [-0.4, -0.2) is 128 Å². The average molecular weight is 649 g/mol. The van der Waals surface area contributed by atoms with Gasteiger partial charge in [0.15, 0.2) is 0 Å². The van der Waals surface area contributed by atoms with Crippen molar-refractivity contribution < 1.29 is 33.4 Å². The topological polar surface area (TPSA) is 150 Å². The fraction of sp³-hybridized carbons (Fsp3) is 0.500. The highest BCUT2D eigenvalue weighted by Crippen LogP contribution is 2.22. The quantitative estimate of drug-likeness (QED) is 0.402. The smallest absolute Gasteiger partial charge is 0.255 e. The minimum Gasteiger partial charge on any atom is -0.491 e. The molecule has 2 fully saturated rings. The minimum absolute atomic E-state index is 0.0446. The Balaban J connectivity index is 1.39. The van der Waals surface area contributed by atoms with Gasteiger partial charge in [-0.05, 0) is 37.0 Å². The monoisotopic (exact) mass is 648 g/mol. The molecule has 0 aromatic heterocycles. The molecule has 5 rings (SSSR count). The van der Waals surface area contributed by atoms with Crippen LogP contribution < -0.4 is 20.7 Å². The molecule has 13 heteroatoms. The van der Waals surface area contributed by atoms with Crippen molar-refractivity contribution in [3.8, 4) is 5.75 Å². The first-order valence-corrected chi connectivity index (χ1v) is 16.3. The van der Waals surface area contributed by atoms with Gasteiger partial charge in [0.05, 0.1) is 37.8 Å². The van der Waals surface area contributed by atoms with Crippen LogP contribution in [0, 0.1) is 0 Å². The summed E-state index contributed by atoms with van der Waals surface area (Å²) in [7, 11) is 1.54. The molecule has 0 radical (unpaired) electrons. The number of rotatable bonds is 6. The normalized spacial score (nSPS) is 23.6. The molecule has 0 spiro atoms. The van der Waals surface area contributed by atoms with Gasteiger partial charge in [-0.25, -0.2) is 0 Å². The molecule has 252 valence electrons. The zero-order valence-corrected chi connectivity index (χ0v) is 26.8. The lowest BCUT2D eigenvalue weighted by Gasteiger charge is -2.29. The number of hydrogen-bond acceptors (Lipinski definition) is 8. The van der Waals surface area contributed by atoms with Crippen LogP contribution in [0.1, 0.15) is 35.2 Å². The summed E-state index contributed by atoms with van der Waals surface area (Å²) in [6.45, 7) is 3.90. The highest BCUT2D eigenvalue weighted by Gasteiger charge is 2.38. The molecule has 3 aliphatic rings. The van der Waals surface area contributed by atoms with Gasteiger partial charge in [0.25, 0.3) is 5.91 Å². The fourth-order valence-electron chi connectivity index (χ4n) is 6.19. The Hall–Kier alpha value is -4.49. The zero-order valence-electron chi connectivity index (χ0n) is 26.8. The molecule has 2 aromatic carbocycles. The largest absolute Gasteiger partial charge is 0.491 e.